The second-order valence-corrected chi connectivity index (χ2v) is 12.0. The van der Waals surface area contributed by atoms with Gasteiger partial charge in [0.2, 0.25) is 11.8 Å². The van der Waals surface area contributed by atoms with E-state index < -0.39 is 6.04 Å². The molecule has 1 fully saturated rings. The molecule has 1 aliphatic rings. The van der Waals surface area contributed by atoms with Crippen LogP contribution in [0.4, 0.5) is 0 Å². The second-order valence-electron chi connectivity index (χ2n) is 11.1. The fourth-order valence-corrected chi connectivity index (χ4v) is 5.61. The molecule has 0 aromatic heterocycles. The predicted octanol–water partition coefficient (Wildman–Crippen LogP) is 7.59. The van der Waals surface area contributed by atoms with Crippen molar-refractivity contribution in [3.05, 3.63) is 106 Å². The van der Waals surface area contributed by atoms with E-state index in [1.165, 1.54) is 12.0 Å². The summed E-state index contributed by atoms with van der Waals surface area (Å²) in [4.78, 5) is 29.6. The highest BCUT2D eigenvalue weighted by atomic mass is 79.9. The van der Waals surface area contributed by atoms with E-state index in [1.54, 1.807) is 0 Å². The Balaban J connectivity index is 1.58. The molecule has 2 amide bonds. The Morgan fingerprint density at radius 3 is 2.13 bits per heavy atom. The van der Waals surface area contributed by atoms with Gasteiger partial charge >= 0.3 is 0 Å². The molecule has 1 saturated carbocycles. The zero-order chi connectivity index (χ0) is 27.6. The second kappa shape index (κ2) is 14.5. The van der Waals surface area contributed by atoms with Gasteiger partial charge in [0.05, 0.1) is 0 Å². The number of carbonyl (C=O) groups excluding carboxylic acids is 2. The molecule has 1 atom stereocenters. The number of hydrogen-bond donors (Lipinski definition) is 1. The van der Waals surface area contributed by atoms with E-state index in [9.17, 15) is 9.59 Å². The van der Waals surface area contributed by atoms with Crippen molar-refractivity contribution in [2.75, 3.05) is 0 Å². The molecule has 206 valence electrons. The van der Waals surface area contributed by atoms with Crippen molar-refractivity contribution in [3.63, 3.8) is 0 Å². The van der Waals surface area contributed by atoms with Gasteiger partial charge in [0, 0.05) is 29.9 Å². The first kappa shape index (κ1) is 29.1. The molecule has 3 aromatic carbocycles. The van der Waals surface area contributed by atoms with Crippen molar-refractivity contribution in [1.82, 2.24) is 10.2 Å². The largest absolute Gasteiger partial charge is 0.352 e. The smallest absolute Gasteiger partial charge is 0.243 e. The Hall–Kier alpha value is -2.92. The Kier molecular flexibility index (Phi) is 10.8. The van der Waals surface area contributed by atoms with Crippen molar-refractivity contribution in [1.29, 1.82) is 0 Å². The average molecular weight is 590 g/mol. The molecule has 39 heavy (non-hydrogen) atoms. The van der Waals surface area contributed by atoms with Crippen LogP contribution < -0.4 is 5.32 Å². The minimum atomic E-state index is -0.575. The van der Waals surface area contributed by atoms with Crippen molar-refractivity contribution in [3.8, 4) is 0 Å². The van der Waals surface area contributed by atoms with Crippen LogP contribution in [-0.4, -0.2) is 28.8 Å². The van der Waals surface area contributed by atoms with E-state index in [4.69, 9.17) is 0 Å². The molecule has 0 spiro atoms. The van der Waals surface area contributed by atoms with Crippen LogP contribution >= 0.6 is 15.9 Å². The number of amides is 2. The van der Waals surface area contributed by atoms with Crippen molar-refractivity contribution in [2.45, 2.75) is 89.8 Å². The van der Waals surface area contributed by atoms with Gasteiger partial charge in [0.1, 0.15) is 6.04 Å². The first-order valence-corrected chi connectivity index (χ1v) is 15.2. The summed E-state index contributed by atoms with van der Waals surface area (Å²) >= 11 is 3.51. The summed E-state index contributed by atoms with van der Waals surface area (Å²) in [5, 5.41) is 3.32. The van der Waals surface area contributed by atoms with Crippen molar-refractivity contribution < 1.29 is 9.59 Å². The fourth-order valence-electron chi connectivity index (χ4n) is 5.35. The Labute approximate surface area is 242 Å². The third-order valence-electron chi connectivity index (χ3n) is 7.76. The molecule has 0 heterocycles. The fraction of sp³-hybridized carbons (Fsp3) is 0.412. The van der Waals surface area contributed by atoms with E-state index in [1.807, 2.05) is 59.5 Å². The molecular formula is C34H41BrN2O2. The highest BCUT2D eigenvalue weighted by Gasteiger charge is 2.31. The molecule has 0 bridgehead atoms. The van der Waals surface area contributed by atoms with Gasteiger partial charge < -0.3 is 10.2 Å². The standard InChI is InChI=1S/C34H41BrN2O2/c1-25(2)29-18-13-26(14-19-29)17-22-33(38)37(24-28-15-20-30(35)21-16-28)32(23-27-9-5-3-6-10-27)34(39)36-31-11-7-4-8-12-31/h3,5-6,9-10,13-16,18-21,25,31-32H,4,7-8,11-12,17,22-24H2,1-2H3,(H,36,39). The van der Waals surface area contributed by atoms with Crippen LogP contribution in [0.25, 0.3) is 0 Å². The maximum absolute atomic E-state index is 13.9. The molecule has 5 heteroatoms. The molecule has 1 aliphatic carbocycles. The maximum atomic E-state index is 13.9. The minimum Gasteiger partial charge on any atom is -0.352 e. The summed E-state index contributed by atoms with van der Waals surface area (Å²) in [5.74, 6) is 0.437. The maximum Gasteiger partial charge on any atom is 0.243 e. The summed E-state index contributed by atoms with van der Waals surface area (Å²) < 4.78 is 0.991. The van der Waals surface area contributed by atoms with Crippen LogP contribution in [0.5, 0.6) is 0 Å². The first-order chi connectivity index (χ1) is 18.9. The lowest BCUT2D eigenvalue weighted by Crippen LogP contribution is -2.52. The van der Waals surface area contributed by atoms with Gasteiger partial charge in [-0.15, -0.1) is 0 Å². The molecule has 4 rings (SSSR count). The zero-order valence-electron chi connectivity index (χ0n) is 23.2. The molecule has 3 aromatic rings. The van der Waals surface area contributed by atoms with Gasteiger partial charge in [-0.05, 0) is 59.6 Å². The SMILES string of the molecule is CC(C)c1ccc(CCC(=O)N(Cc2ccc(Br)cc2)C(Cc2ccccc2)C(=O)NC2CCCCC2)cc1. The zero-order valence-corrected chi connectivity index (χ0v) is 24.8. The summed E-state index contributed by atoms with van der Waals surface area (Å²) in [6.45, 7) is 4.77. The third kappa shape index (κ3) is 8.79. The quantitative estimate of drug-likeness (QED) is 0.251. The molecule has 4 nitrogen and oxygen atoms in total. The minimum absolute atomic E-state index is 0.00517. The number of aryl methyl sites for hydroxylation is 1. The number of carbonyl (C=O) groups is 2. The van der Waals surface area contributed by atoms with Gasteiger partial charge in [-0.25, -0.2) is 0 Å². The van der Waals surface area contributed by atoms with Crippen LogP contribution in [0.2, 0.25) is 0 Å². The van der Waals surface area contributed by atoms with Crippen LogP contribution in [-0.2, 0) is 29.0 Å². The highest BCUT2D eigenvalue weighted by molar-refractivity contribution is 9.10. The van der Waals surface area contributed by atoms with Crippen LogP contribution in [0.1, 0.15) is 80.5 Å². The summed E-state index contributed by atoms with van der Waals surface area (Å²) in [6.07, 6.45) is 7.04. The van der Waals surface area contributed by atoms with Gasteiger partial charge in [0.25, 0.3) is 0 Å². The lowest BCUT2D eigenvalue weighted by atomic mass is 9.94. The summed E-state index contributed by atoms with van der Waals surface area (Å²) in [5.41, 5.74) is 4.50. The summed E-state index contributed by atoms with van der Waals surface area (Å²) in [7, 11) is 0. The van der Waals surface area contributed by atoms with Crippen molar-refractivity contribution in [2.24, 2.45) is 0 Å². The molecule has 1 N–H and O–H groups in total. The molecular weight excluding hydrogens is 548 g/mol. The molecule has 0 radical (unpaired) electrons. The predicted molar refractivity (Wildman–Crippen MR) is 162 cm³/mol. The average Bonchev–Trinajstić information content (AvgIpc) is 2.96. The van der Waals surface area contributed by atoms with Gasteiger partial charge in [-0.2, -0.15) is 0 Å². The molecule has 1 unspecified atom stereocenters. The highest BCUT2D eigenvalue weighted by Crippen LogP contribution is 2.22. The van der Waals surface area contributed by atoms with Gasteiger partial charge in [0.15, 0.2) is 0 Å². The molecule has 0 saturated heterocycles. The summed E-state index contributed by atoms with van der Waals surface area (Å²) in [6, 6.07) is 26.2. The van der Waals surface area contributed by atoms with E-state index in [0.717, 1.165) is 46.8 Å². The van der Waals surface area contributed by atoms with Crippen LogP contribution in [0.15, 0.2) is 83.3 Å². The number of benzene rings is 3. The number of halogens is 1. The van der Waals surface area contributed by atoms with Crippen LogP contribution in [0, 0.1) is 0 Å². The van der Waals surface area contributed by atoms with E-state index in [2.05, 4.69) is 59.4 Å². The van der Waals surface area contributed by atoms with E-state index >= 15 is 0 Å². The Bertz CT molecular complexity index is 1190. The van der Waals surface area contributed by atoms with Crippen LogP contribution in [0.3, 0.4) is 0 Å². The number of nitrogens with zero attached hydrogens (tertiary/aromatic N) is 1. The normalized spacial score (nSPS) is 14.7. The number of rotatable bonds is 11. The van der Waals surface area contributed by atoms with Gasteiger partial charge in [-0.3, -0.25) is 9.59 Å². The third-order valence-corrected chi connectivity index (χ3v) is 8.29. The topological polar surface area (TPSA) is 49.4 Å². The molecule has 0 aliphatic heterocycles. The van der Waals surface area contributed by atoms with E-state index in [0.29, 0.717) is 31.7 Å². The Morgan fingerprint density at radius 1 is 0.846 bits per heavy atom. The van der Waals surface area contributed by atoms with Crippen molar-refractivity contribution >= 4 is 27.7 Å². The number of hydrogen-bond acceptors (Lipinski definition) is 2. The van der Waals surface area contributed by atoms with Gasteiger partial charge in [-0.1, -0.05) is 116 Å². The number of nitrogens with one attached hydrogen (secondary N) is 1. The monoisotopic (exact) mass is 588 g/mol. The van der Waals surface area contributed by atoms with E-state index in [-0.39, 0.29) is 17.9 Å². The first-order valence-electron chi connectivity index (χ1n) is 14.4. The Morgan fingerprint density at radius 2 is 1.49 bits per heavy atom. The lowest BCUT2D eigenvalue weighted by molar-refractivity contribution is -0.141. The lowest BCUT2D eigenvalue weighted by Gasteiger charge is -2.33.